The van der Waals surface area contributed by atoms with Crippen molar-refractivity contribution in [1.82, 2.24) is 14.8 Å². The number of halogens is 1. The molecule has 92 valence electrons. The molecular weight excluding hydrogens is 278 g/mol. The van der Waals surface area contributed by atoms with E-state index in [1.54, 1.807) is 18.1 Å². The third-order valence-electron chi connectivity index (χ3n) is 3.08. The molecule has 19 heavy (non-hydrogen) atoms. The van der Waals surface area contributed by atoms with Gasteiger partial charge in [-0.1, -0.05) is 41.6 Å². The van der Waals surface area contributed by atoms with Crippen molar-refractivity contribution in [2.45, 2.75) is 9.79 Å². The van der Waals surface area contributed by atoms with Gasteiger partial charge in [0.05, 0.1) is 5.69 Å². The molecule has 5 heteroatoms. The van der Waals surface area contributed by atoms with E-state index >= 15 is 0 Å². The minimum Gasteiger partial charge on any atom is -0.280 e. The van der Waals surface area contributed by atoms with Crippen LogP contribution >= 0.6 is 23.4 Å². The molecule has 0 saturated carbocycles. The monoisotopic (exact) mass is 285 g/mol. The lowest BCUT2D eigenvalue weighted by molar-refractivity contribution is 1.03. The van der Waals surface area contributed by atoms with Crippen molar-refractivity contribution < 1.29 is 0 Å². The van der Waals surface area contributed by atoms with Crippen molar-refractivity contribution in [2.75, 3.05) is 0 Å². The number of hydrogen-bond acceptors (Lipinski definition) is 3. The highest BCUT2D eigenvalue weighted by Crippen LogP contribution is 2.42. The van der Waals surface area contributed by atoms with Crippen molar-refractivity contribution in [1.29, 1.82) is 0 Å². The van der Waals surface area contributed by atoms with Crippen LogP contribution in [0, 0.1) is 0 Å². The highest BCUT2D eigenvalue weighted by atomic mass is 35.5. The average Bonchev–Trinajstić information content (AvgIpc) is 2.86. The number of nitrogens with zero attached hydrogens (tertiary/aromatic N) is 3. The van der Waals surface area contributed by atoms with Crippen LogP contribution in [0.2, 0.25) is 5.02 Å². The van der Waals surface area contributed by atoms with E-state index < -0.39 is 0 Å². The van der Waals surface area contributed by atoms with Crippen LogP contribution in [0.4, 0.5) is 0 Å². The molecule has 1 aliphatic rings. The Kier molecular flexibility index (Phi) is 2.40. The van der Waals surface area contributed by atoms with E-state index in [0.717, 1.165) is 22.0 Å². The summed E-state index contributed by atoms with van der Waals surface area (Å²) >= 11 is 7.84. The number of benzene rings is 2. The predicted octanol–water partition coefficient (Wildman–Crippen LogP) is 4.05. The van der Waals surface area contributed by atoms with Crippen LogP contribution in [0.25, 0.3) is 17.1 Å². The molecule has 3 aromatic rings. The molecule has 0 unspecified atom stereocenters. The Hall–Kier alpha value is -1.78. The lowest BCUT2D eigenvalue weighted by Crippen LogP contribution is -1.95. The van der Waals surface area contributed by atoms with Crippen molar-refractivity contribution >= 4 is 23.4 Å². The van der Waals surface area contributed by atoms with Crippen LogP contribution in [0.5, 0.6) is 0 Å². The Balaban J connectivity index is 2.10. The van der Waals surface area contributed by atoms with Gasteiger partial charge in [-0.3, -0.25) is 4.57 Å². The van der Waals surface area contributed by atoms with Crippen molar-refractivity contribution in [2.24, 2.45) is 0 Å². The molecule has 0 aliphatic carbocycles. The summed E-state index contributed by atoms with van der Waals surface area (Å²) in [5, 5.41) is 8.99. The first kappa shape index (κ1) is 11.1. The minimum absolute atomic E-state index is 0.713. The van der Waals surface area contributed by atoms with E-state index in [1.807, 2.05) is 34.9 Å². The number of hydrogen-bond donors (Lipinski definition) is 0. The van der Waals surface area contributed by atoms with Crippen LogP contribution in [-0.2, 0) is 0 Å². The van der Waals surface area contributed by atoms with E-state index in [9.17, 15) is 0 Å². The van der Waals surface area contributed by atoms with E-state index in [-0.39, 0.29) is 0 Å². The second kappa shape index (κ2) is 4.11. The van der Waals surface area contributed by atoms with Gasteiger partial charge in [0.15, 0.2) is 5.82 Å². The summed E-state index contributed by atoms with van der Waals surface area (Å²) in [5.41, 5.74) is 2.12. The molecule has 0 saturated heterocycles. The maximum atomic E-state index is 6.11. The fourth-order valence-electron chi connectivity index (χ4n) is 2.22. The quantitative estimate of drug-likeness (QED) is 0.488. The zero-order valence-electron chi connectivity index (χ0n) is 9.75. The van der Waals surface area contributed by atoms with Gasteiger partial charge < -0.3 is 0 Å². The van der Waals surface area contributed by atoms with Gasteiger partial charge in [-0.2, -0.15) is 0 Å². The molecule has 0 N–H and O–H groups in total. The molecule has 2 heterocycles. The van der Waals surface area contributed by atoms with Gasteiger partial charge >= 0.3 is 0 Å². The fraction of sp³-hybridized carbons (Fsp3) is 0. The first-order valence-corrected chi connectivity index (χ1v) is 6.99. The van der Waals surface area contributed by atoms with Gasteiger partial charge in [0.1, 0.15) is 6.33 Å². The molecule has 1 aliphatic heterocycles. The summed E-state index contributed by atoms with van der Waals surface area (Å²) in [6.45, 7) is 0. The second-order valence-electron chi connectivity index (χ2n) is 4.23. The smallest absolute Gasteiger partial charge is 0.169 e. The Morgan fingerprint density at radius 2 is 1.95 bits per heavy atom. The topological polar surface area (TPSA) is 30.7 Å². The number of rotatable bonds is 0. The van der Waals surface area contributed by atoms with E-state index in [1.165, 1.54) is 4.90 Å². The minimum atomic E-state index is 0.713. The standard InChI is InChI=1S/C14H8ClN3S/c15-9-5-6-13-11(7-9)18-8-16-17-14(18)10-3-1-2-4-12(10)19-13/h1-8H. The predicted molar refractivity (Wildman–Crippen MR) is 75.9 cm³/mol. The molecule has 2 aromatic carbocycles. The Bertz CT molecular complexity index is 782. The summed E-state index contributed by atoms with van der Waals surface area (Å²) in [4.78, 5) is 2.33. The first-order chi connectivity index (χ1) is 9.33. The fourth-order valence-corrected chi connectivity index (χ4v) is 3.44. The molecule has 0 radical (unpaired) electrons. The molecular formula is C14H8ClN3S. The third-order valence-corrected chi connectivity index (χ3v) is 4.45. The number of aromatic nitrogens is 3. The normalized spacial score (nSPS) is 12.3. The zero-order valence-corrected chi connectivity index (χ0v) is 11.3. The van der Waals surface area contributed by atoms with Gasteiger partial charge in [0.2, 0.25) is 0 Å². The largest absolute Gasteiger partial charge is 0.280 e. The summed E-state index contributed by atoms with van der Waals surface area (Å²) in [7, 11) is 0. The lowest BCUT2D eigenvalue weighted by Gasteiger charge is -2.07. The molecule has 1 aromatic heterocycles. The Labute approximate surface area is 119 Å². The molecule has 3 nitrogen and oxygen atoms in total. The van der Waals surface area contributed by atoms with Crippen LogP contribution in [0.15, 0.2) is 58.6 Å². The van der Waals surface area contributed by atoms with Crippen molar-refractivity contribution in [3.63, 3.8) is 0 Å². The summed E-state index contributed by atoms with van der Waals surface area (Å²) in [6, 6.07) is 14.1. The Morgan fingerprint density at radius 3 is 2.89 bits per heavy atom. The second-order valence-corrected chi connectivity index (χ2v) is 5.76. The van der Waals surface area contributed by atoms with Gasteiger partial charge in [-0.25, -0.2) is 0 Å². The zero-order chi connectivity index (χ0) is 12.8. The molecule has 0 spiro atoms. The van der Waals surface area contributed by atoms with E-state index in [2.05, 4.69) is 22.3 Å². The van der Waals surface area contributed by atoms with E-state index in [0.29, 0.717) is 5.02 Å². The average molecular weight is 286 g/mol. The molecule has 0 atom stereocenters. The first-order valence-electron chi connectivity index (χ1n) is 5.80. The molecule has 0 fully saturated rings. The maximum absolute atomic E-state index is 6.11. The highest BCUT2D eigenvalue weighted by molar-refractivity contribution is 7.99. The van der Waals surface area contributed by atoms with E-state index in [4.69, 9.17) is 11.6 Å². The van der Waals surface area contributed by atoms with Gasteiger partial charge in [0.25, 0.3) is 0 Å². The lowest BCUT2D eigenvalue weighted by atomic mass is 10.2. The summed E-state index contributed by atoms with van der Waals surface area (Å²) < 4.78 is 1.99. The maximum Gasteiger partial charge on any atom is 0.169 e. The van der Waals surface area contributed by atoms with Crippen LogP contribution in [0.3, 0.4) is 0 Å². The number of fused-ring (bicyclic) bond motifs is 5. The Morgan fingerprint density at radius 1 is 1.05 bits per heavy atom. The van der Waals surface area contributed by atoms with Crippen molar-refractivity contribution in [3.05, 3.63) is 53.8 Å². The summed E-state index contributed by atoms with van der Waals surface area (Å²) in [5.74, 6) is 0.851. The molecule has 4 rings (SSSR count). The molecule has 0 bridgehead atoms. The SMILES string of the molecule is Clc1ccc2c(c1)-n1cnnc1-c1ccccc1S2. The molecule has 0 amide bonds. The van der Waals surface area contributed by atoms with Crippen LogP contribution < -0.4 is 0 Å². The van der Waals surface area contributed by atoms with Gasteiger partial charge in [0, 0.05) is 20.4 Å². The van der Waals surface area contributed by atoms with Crippen molar-refractivity contribution in [3.8, 4) is 17.1 Å². The third kappa shape index (κ3) is 1.68. The highest BCUT2D eigenvalue weighted by Gasteiger charge is 2.20. The van der Waals surface area contributed by atoms with Gasteiger partial charge in [-0.05, 0) is 24.3 Å². The van der Waals surface area contributed by atoms with Crippen LogP contribution in [-0.4, -0.2) is 14.8 Å². The summed E-state index contributed by atoms with van der Waals surface area (Å²) in [6.07, 6.45) is 1.73. The van der Waals surface area contributed by atoms with Crippen LogP contribution in [0.1, 0.15) is 0 Å². The van der Waals surface area contributed by atoms with Gasteiger partial charge in [-0.15, -0.1) is 10.2 Å².